The van der Waals surface area contributed by atoms with Crippen LogP contribution >= 0.6 is 0 Å². The summed E-state index contributed by atoms with van der Waals surface area (Å²) < 4.78 is 52.9. The first kappa shape index (κ1) is 58.2. The molecular weight excluding hydrogens is 897 g/mol. The molecule has 0 aromatic heterocycles. The van der Waals surface area contributed by atoms with Crippen molar-refractivity contribution in [3.63, 3.8) is 0 Å². The fraction of sp³-hybridized carbons (Fsp3) is 0.625. The van der Waals surface area contributed by atoms with Crippen LogP contribution in [0.4, 0.5) is 0 Å². The Hall–Kier alpha value is -4.72. The highest BCUT2D eigenvalue weighted by Gasteiger charge is 2.37. The molecule has 0 fully saturated rings. The maximum Gasteiger partial charge on any atom is 0.129 e. The van der Waals surface area contributed by atoms with E-state index in [1.54, 1.807) is 0 Å². The van der Waals surface area contributed by atoms with Gasteiger partial charge >= 0.3 is 0 Å². The van der Waals surface area contributed by atoms with Gasteiger partial charge in [-0.25, -0.2) is 0 Å². The summed E-state index contributed by atoms with van der Waals surface area (Å²) in [5.41, 5.74) is 13.2. The third-order valence-corrected chi connectivity index (χ3v) is 16.1. The third kappa shape index (κ3) is 12.4. The highest BCUT2D eigenvalue weighted by atomic mass is 16.5. The molecule has 0 amide bonds. The summed E-state index contributed by atoms with van der Waals surface area (Å²) in [5, 5.41) is 0. The summed E-state index contributed by atoms with van der Waals surface area (Å²) in [6.45, 7) is 17.9. The Balaban J connectivity index is 2.15. The largest absolute Gasteiger partial charge is 0.496 e. The van der Waals surface area contributed by atoms with Crippen LogP contribution in [-0.2, 0) is 0 Å². The second-order valence-corrected chi connectivity index (χ2v) is 20.6. The van der Waals surface area contributed by atoms with Crippen LogP contribution in [0.1, 0.15) is 247 Å². The van der Waals surface area contributed by atoms with Gasteiger partial charge in [0.05, 0.1) is 56.9 Å². The second kappa shape index (κ2) is 28.7. The lowest BCUT2D eigenvalue weighted by atomic mass is 9.74. The number of rotatable bonds is 28. The summed E-state index contributed by atoms with van der Waals surface area (Å²) in [6, 6.07) is 9.80. The van der Waals surface area contributed by atoms with E-state index in [-0.39, 0.29) is 23.7 Å². The van der Waals surface area contributed by atoms with Gasteiger partial charge in [0.2, 0.25) is 0 Å². The fourth-order valence-corrected chi connectivity index (χ4v) is 12.6. The van der Waals surface area contributed by atoms with Crippen LogP contribution in [0.5, 0.6) is 46.0 Å². The molecule has 8 bridgehead atoms. The van der Waals surface area contributed by atoms with Gasteiger partial charge in [0, 0.05) is 90.4 Å². The van der Waals surface area contributed by atoms with Gasteiger partial charge < -0.3 is 37.9 Å². The number of ether oxygens (including phenoxy) is 8. The Morgan fingerprint density at radius 1 is 0.250 bits per heavy atom. The van der Waals surface area contributed by atoms with Crippen LogP contribution in [-0.4, -0.2) is 56.9 Å². The molecule has 0 spiro atoms. The number of methoxy groups -OCH3 is 8. The third-order valence-electron chi connectivity index (χ3n) is 16.1. The van der Waals surface area contributed by atoms with Crippen molar-refractivity contribution in [1.29, 1.82) is 0 Å². The van der Waals surface area contributed by atoms with Crippen molar-refractivity contribution in [2.24, 2.45) is 0 Å². The molecule has 5 rings (SSSR count). The smallest absolute Gasteiger partial charge is 0.129 e. The molecule has 0 saturated heterocycles. The lowest BCUT2D eigenvalue weighted by Gasteiger charge is -2.33. The van der Waals surface area contributed by atoms with Crippen LogP contribution in [0.3, 0.4) is 0 Å². The predicted octanol–water partition coefficient (Wildman–Crippen LogP) is 17.7. The maximum absolute atomic E-state index is 6.61. The maximum atomic E-state index is 6.61. The summed E-state index contributed by atoms with van der Waals surface area (Å²) in [7, 11) is 14.6. The van der Waals surface area contributed by atoms with Crippen LogP contribution in [0.2, 0.25) is 0 Å². The van der Waals surface area contributed by atoms with E-state index >= 15 is 0 Å². The van der Waals surface area contributed by atoms with Crippen molar-refractivity contribution in [2.45, 2.75) is 207 Å². The van der Waals surface area contributed by atoms with Crippen molar-refractivity contribution in [3.8, 4) is 46.0 Å². The zero-order valence-electron chi connectivity index (χ0n) is 48.0. The Kier molecular flexibility index (Phi) is 23.2. The Bertz CT molecular complexity index is 1900. The molecule has 4 aromatic carbocycles. The summed E-state index contributed by atoms with van der Waals surface area (Å²) >= 11 is 0. The Morgan fingerprint density at radius 2 is 0.403 bits per heavy atom. The van der Waals surface area contributed by atoms with Gasteiger partial charge in [0.25, 0.3) is 0 Å². The second-order valence-electron chi connectivity index (χ2n) is 20.6. The molecular formula is C64H96O8. The van der Waals surface area contributed by atoms with E-state index < -0.39 is 0 Å². The minimum atomic E-state index is -0.0783. The molecule has 400 valence electrons. The van der Waals surface area contributed by atoms with E-state index in [4.69, 9.17) is 37.9 Å². The topological polar surface area (TPSA) is 73.8 Å². The van der Waals surface area contributed by atoms with Gasteiger partial charge in [0.1, 0.15) is 46.0 Å². The van der Waals surface area contributed by atoms with E-state index in [1.807, 2.05) is 56.9 Å². The molecule has 8 heteroatoms. The Morgan fingerprint density at radius 3 is 0.528 bits per heavy atom. The molecule has 0 heterocycles. The highest BCUT2D eigenvalue weighted by Crippen LogP contribution is 2.56. The van der Waals surface area contributed by atoms with E-state index in [0.29, 0.717) is 0 Å². The van der Waals surface area contributed by atoms with Gasteiger partial charge in [-0.05, 0) is 77.6 Å². The SMILES string of the molecule is CCCCCCC1c2cc(c(OC)c(C)c2OC)C(CCCCCC)c2cc(c(OC)c(C)c2OC)C(CCCCCC)c2cc(c(OC)c(C)c2OC)C(CCCCCC)c2cc1c(OC)c(C)c2OC. The summed E-state index contributed by atoms with van der Waals surface area (Å²) in [4.78, 5) is 0. The predicted molar refractivity (Wildman–Crippen MR) is 300 cm³/mol. The number of hydrogen-bond donors (Lipinski definition) is 0. The van der Waals surface area contributed by atoms with Crippen LogP contribution in [0, 0.1) is 27.7 Å². The number of hydrogen-bond acceptors (Lipinski definition) is 8. The molecule has 72 heavy (non-hydrogen) atoms. The molecule has 0 atom stereocenters. The quantitative estimate of drug-likeness (QED) is 0.0521. The molecule has 4 aromatic rings. The molecule has 0 unspecified atom stereocenters. The van der Waals surface area contributed by atoms with E-state index in [2.05, 4.69) is 79.7 Å². The average molecular weight is 993 g/mol. The van der Waals surface area contributed by atoms with Crippen molar-refractivity contribution in [1.82, 2.24) is 0 Å². The van der Waals surface area contributed by atoms with E-state index in [9.17, 15) is 0 Å². The first-order chi connectivity index (χ1) is 35.0. The first-order valence-corrected chi connectivity index (χ1v) is 28.0. The zero-order valence-corrected chi connectivity index (χ0v) is 48.0. The minimum Gasteiger partial charge on any atom is -0.496 e. The van der Waals surface area contributed by atoms with Crippen LogP contribution in [0.25, 0.3) is 0 Å². The minimum absolute atomic E-state index is 0.0783. The lowest BCUT2D eigenvalue weighted by Crippen LogP contribution is -2.17. The van der Waals surface area contributed by atoms with Gasteiger partial charge in [0.15, 0.2) is 0 Å². The van der Waals surface area contributed by atoms with E-state index in [0.717, 1.165) is 215 Å². The normalized spacial score (nSPS) is 16.3. The van der Waals surface area contributed by atoms with Gasteiger partial charge in [-0.1, -0.05) is 130 Å². The summed E-state index contributed by atoms with van der Waals surface area (Å²) in [6.07, 6.45) is 21.7. The zero-order chi connectivity index (χ0) is 52.5. The number of fused-ring (bicyclic) bond motifs is 8. The van der Waals surface area contributed by atoms with Gasteiger partial charge in [-0.15, -0.1) is 0 Å². The lowest BCUT2D eigenvalue weighted by molar-refractivity contribution is 0.366. The number of benzene rings is 4. The van der Waals surface area contributed by atoms with Gasteiger partial charge in [-0.3, -0.25) is 0 Å². The molecule has 8 nitrogen and oxygen atoms in total. The van der Waals surface area contributed by atoms with Crippen molar-refractivity contribution >= 4 is 0 Å². The molecule has 0 N–H and O–H groups in total. The van der Waals surface area contributed by atoms with Crippen molar-refractivity contribution < 1.29 is 37.9 Å². The average Bonchev–Trinajstić information content (AvgIpc) is 3.38. The van der Waals surface area contributed by atoms with Crippen molar-refractivity contribution in [2.75, 3.05) is 56.9 Å². The van der Waals surface area contributed by atoms with Crippen molar-refractivity contribution in [3.05, 3.63) is 91.0 Å². The van der Waals surface area contributed by atoms with Gasteiger partial charge in [-0.2, -0.15) is 0 Å². The molecule has 1 aliphatic carbocycles. The molecule has 0 aliphatic heterocycles. The Labute approximate surface area is 437 Å². The summed E-state index contributed by atoms with van der Waals surface area (Å²) in [5.74, 6) is 6.56. The molecule has 0 radical (unpaired) electrons. The molecule has 0 saturated carbocycles. The van der Waals surface area contributed by atoms with Crippen LogP contribution in [0.15, 0.2) is 24.3 Å². The number of unbranched alkanes of at least 4 members (excludes halogenated alkanes) is 12. The molecule has 1 aliphatic rings. The van der Waals surface area contributed by atoms with E-state index in [1.165, 1.54) is 25.7 Å². The monoisotopic (exact) mass is 993 g/mol. The van der Waals surface area contributed by atoms with Crippen LogP contribution < -0.4 is 37.9 Å². The standard InChI is InChI=1S/C64H96O8/c1-17-21-25-29-33-45-49-37-51(59(67-11)41(5)57(49)65-9)46(34-30-26-22-18-2)53-39-55(63(71-15)43(7)61(53)69-13)48(36-32-28-24-20-4)56-40-54(62(70-14)44(8)64(56)72-16)47(35-31-27-23-19-3)52-38-50(45)58(66-10)42(6)60(52)68-12/h37-40,45-48H,17-36H2,1-16H3. The fourth-order valence-electron chi connectivity index (χ4n) is 12.6. The first-order valence-electron chi connectivity index (χ1n) is 28.0. The highest BCUT2D eigenvalue weighted by molar-refractivity contribution is 5.68.